The van der Waals surface area contributed by atoms with Gasteiger partial charge in [-0.25, -0.2) is 0 Å². The van der Waals surface area contributed by atoms with E-state index < -0.39 is 0 Å². The van der Waals surface area contributed by atoms with Crippen LogP contribution >= 0.6 is 0 Å². The van der Waals surface area contributed by atoms with Gasteiger partial charge in [-0.3, -0.25) is 0 Å². The van der Waals surface area contributed by atoms with Gasteiger partial charge in [0.25, 0.3) is 0 Å². The summed E-state index contributed by atoms with van der Waals surface area (Å²) in [4.78, 5) is 5.79. The van der Waals surface area contributed by atoms with E-state index in [1.54, 1.807) is 0 Å². The third kappa shape index (κ3) is 2.76. The van der Waals surface area contributed by atoms with Crippen LogP contribution in [-0.2, 0) is 0 Å². The molecule has 3 N–H and O–H groups in total. The van der Waals surface area contributed by atoms with Crippen LogP contribution in [-0.4, -0.2) is 25.1 Å². The molecule has 104 valence electrons. The molecule has 3 heteroatoms. The average molecular weight is 259 g/mol. The molecule has 0 fully saturated rings. The zero-order chi connectivity index (χ0) is 14.0. The lowest BCUT2D eigenvalue weighted by atomic mass is 9.95. The van der Waals surface area contributed by atoms with E-state index in [1.807, 2.05) is 0 Å². The number of nitrogens with zero attached hydrogens (tertiary/aromatic N) is 1. The van der Waals surface area contributed by atoms with Gasteiger partial charge in [0, 0.05) is 30.2 Å². The molecule has 0 spiro atoms. The van der Waals surface area contributed by atoms with E-state index in [0.717, 1.165) is 13.1 Å². The van der Waals surface area contributed by atoms with Crippen LogP contribution in [0, 0.1) is 18.8 Å². The van der Waals surface area contributed by atoms with E-state index >= 15 is 0 Å². The van der Waals surface area contributed by atoms with Gasteiger partial charge in [0.05, 0.1) is 5.69 Å². The summed E-state index contributed by atoms with van der Waals surface area (Å²) < 4.78 is 0. The number of hydrogen-bond acceptors (Lipinski definition) is 2. The second-order valence-corrected chi connectivity index (χ2v) is 5.76. The molecule has 1 aromatic carbocycles. The molecule has 3 nitrogen and oxygen atoms in total. The molecule has 0 amide bonds. The summed E-state index contributed by atoms with van der Waals surface area (Å²) in [6, 6.07) is 8.47. The monoisotopic (exact) mass is 259 g/mol. The van der Waals surface area contributed by atoms with Gasteiger partial charge in [0.15, 0.2) is 0 Å². The second kappa shape index (κ2) is 5.66. The largest absolute Gasteiger partial charge is 0.372 e. The zero-order valence-corrected chi connectivity index (χ0v) is 12.4. The summed E-state index contributed by atoms with van der Waals surface area (Å²) in [5, 5.41) is 1.29. The molecule has 1 unspecified atom stereocenters. The maximum Gasteiger partial charge on any atom is 0.0651 e. The molecular formula is C16H25N3. The lowest BCUT2D eigenvalue weighted by Gasteiger charge is -2.27. The van der Waals surface area contributed by atoms with E-state index in [4.69, 9.17) is 5.73 Å². The maximum atomic E-state index is 5.89. The zero-order valence-electron chi connectivity index (χ0n) is 12.4. The Labute approximate surface area is 115 Å². The standard InChI is InChI=1S/C16H25N3/c1-11(2)13(9-17)10-19(4)16-12(3)18-15-8-6-5-7-14(15)16/h5-8,11,13,18H,9-10,17H2,1-4H3. The molecule has 1 atom stereocenters. The number of aromatic amines is 1. The van der Waals surface area contributed by atoms with E-state index in [2.05, 4.69) is 62.0 Å². The summed E-state index contributed by atoms with van der Waals surface area (Å²) in [7, 11) is 2.16. The van der Waals surface area contributed by atoms with Crippen molar-refractivity contribution in [2.24, 2.45) is 17.6 Å². The number of para-hydroxylation sites is 1. The topological polar surface area (TPSA) is 45.0 Å². The van der Waals surface area contributed by atoms with Gasteiger partial charge in [-0.2, -0.15) is 0 Å². The van der Waals surface area contributed by atoms with Crippen LogP contribution in [0.25, 0.3) is 10.9 Å². The van der Waals surface area contributed by atoms with Crippen LogP contribution in [0.15, 0.2) is 24.3 Å². The van der Waals surface area contributed by atoms with Gasteiger partial charge in [-0.15, -0.1) is 0 Å². The van der Waals surface area contributed by atoms with Crippen LogP contribution < -0.4 is 10.6 Å². The average Bonchev–Trinajstić information content (AvgIpc) is 2.71. The van der Waals surface area contributed by atoms with Crippen molar-refractivity contribution in [1.82, 2.24) is 4.98 Å². The number of nitrogens with two attached hydrogens (primary N) is 1. The first-order chi connectivity index (χ1) is 9.04. The minimum Gasteiger partial charge on any atom is -0.372 e. The number of rotatable bonds is 5. The highest BCUT2D eigenvalue weighted by atomic mass is 15.1. The summed E-state index contributed by atoms with van der Waals surface area (Å²) in [5.41, 5.74) is 9.62. The van der Waals surface area contributed by atoms with Crippen molar-refractivity contribution >= 4 is 16.6 Å². The molecule has 2 aromatic rings. The quantitative estimate of drug-likeness (QED) is 0.866. The Morgan fingerprint density at radius 1 is 1.26 bits per heavy atom. The number of hydrogen-bond donors (Lipinski definition) is 2. The highest BCUT2D eigenvalue weighted by Crippen LogP contribution is 2.30. The summed E-state index contributed by atoms with van der Waals surface area (Å²) >= 11 is 0. The van der Waals surface area contributed by atoms with Gasteiger partial charge >= 0.3 is 0 Å². The van der Waals surface area contributed by atoms with Crippen molar-refractivity contribution < 1.29 is 0 Å². The number of nitrogens with one attached hydrogen (secondary N) is 1. The number of H-pyrrole nitrogens is 1. The SMILES string of the molecule is Cc1[nH]c2ccccc2c1N(C)CC(CN)C(C)C. The predicted molar refractivity (Wildman–Crippen MR) is 83.7 cm³/mol. The fourth-order valence-electron chi connectivity index (χ4n) is 2.75. The van der Waals surface area contributed by atoms with Gasteiger partial charge in [-0.05, 0) is 31.4 Å². The van der Waals surface area contributed by atoms with E-state index in [0.29, 0.717) is 11.8 Å². The van der Waals surface area contributed by atoms with Crippen LogP contribution in [0.3, 0.4) is 0 Å². The van der Waals surface area contributed by atoms with Crippen LogP contribution in [0.1, 0.15) is 19.5 Å². The number of fused-ring (bicyclic) bond motifs is 1. The highest BCUT2D eigenvalue weighted by molar-refractivity contribution is 5.94. The Morgan fingerprint density at radius 2 is 1.95 bits per heavy atom. The van der Waals surface area contributed by atoms with Crippen molar-refractivity contribution in [3.8, 4) is 0 Å². The first kappa shape index (κ1) is 13.9. The molecule has 0 aliphatic heterocycles. The van der Waals surface area contributed by atoms with Crippen molar-refractivity contribution in [1.29, 1.82) is 0 Å². The summed E-state index contributed by atoms with van der Waals surface area (Å²) in [6.45, 7) is 8.36. The third-order valence-corrected chi connectivity index (χ3v) is 4.00. The first-order valence-electron chi connectivity index (χ1n) is 7.03. The third-order valence-electron chi connectivity index (χ3n) is 4.00. The molecule has 0 saturated heterocycles. The van der Waals surface area contributed by atoms with Crippen LogP contribution in [0.5, 0.6) is 0 Å². The minimum absolute atomic E-state index is 0.526. The molecule has 0 bridgehead atoms. The van der Waals surface area contributed by atoms with Crippen LogP contribution in [0.2, 0.25) is 0 Å². The number of anilines is 1. The van der Waals surface area contributed by atoms with E-state index in [9.17, 15) is 0 Å². The molecule has 1 heterocycles. The van der Waals surface area contributed by atoms with Crippen LogP contribution in [0.4, 0.5) is 5.69 Å². The Hall–Kier alpha value is -1.48. The highest BCUT2D eigenvalue weighted by Gasteiger charge is 2.18. The molecule has 0 aliphatic carbocycles. The number of aromatic nitrogens is 1. The van der Waals surface area contributed by atoms with Gasteiger partial charge in [0.2, 0.25) is 0 Å². The smallest absolute Gasteiger partial charge is 0.0651 e. The lowest BCUT2D eigenvalue weighted by Crippen LogP contribution is -2.33. The first-order valence-corrected chi connectivity index (χ1v) is 7.03. The van der Waals surface area contributed by atoms with Gasteiger partial charge in [0.1, 0.15) is 0 Å². The normalized spacial score (nSPS) is 13.2. The number of aryl methyl sites for hydroxylation is 1. The van der Waals surface area contributed by atoms with Crippen molar-refractivity contribution in [3.05, 3.63) is 30.0 Å². The van der Waals surface area contributed by atoms with Crippen molar-refractivity contribution in [2.75, 3.05) is 25.0 Å². The summed E-state index contributed by atoms with van der Waals surface area (Å²) in [6.07, 6.45) is 0. The molecule has 1 aromatic heterocycles. The second-order valence-electron chi connectivity index (χ2n) is 5.76. The van der Waals surface area contributed by atoms with Gasteiger partial charge in [-0.1, -0.05) is 32.0 Å². The fourth-order valence-corrected chi connectivity index (χ4v) is 2.75. The predicted octanol–water partition coefficient (Wildman–Crippen LogP) is 3.14. The van der Waals surface area contributed by atoms with Gasteiger partial charge < -0.3 is 15.6 Å². The van der Waals surface area contributed by atoms with E-state index in [1.165, 1.54) is 22.3 Å². The van der Waals surface area contributed by atoms with Crippen molar-refractivity contribution in [2.45, 2.75) is 20.8 Å². The number of benzene rings is 1. The summed E-state index contributed by atoms with van der Waals surface area (Å²) in [5.74, 6) is 1.14. The molecule has 0 aliphatic rings. The maximum absolute atomic E-state index is 5.89. The molecule has 2 rings (SSSR count). The Balaban J connectivity index is 2.30. The Kier molecular flexibility index (Phi) is 4.15. The minimum atomic E-state index is 0.526. The molecule has 19 heavy (non-hydrogen) atoms. The molecule has 0 radical (unpaired) electrons. The van der Waals surface area contributed by atoms with E-state index in [-0.39, 0.29) is 0 Å². The Morgan fingerprint density at radius 3 is 2.58 bits per heavy atom. The molecular weight excluding hydrogens is 234 g/mol. The van der Waals surface area contributed by atoms with Crippen molar-refractivity contribution in [3.63, 3.8) is 0 Å². The lowest BCUT2D eigenvalue weighted by molar-refractivity contribution is 0.398. The molecule has 0 saturated carbocycles. The fraction of sp³-hybridized carbons (Fsp3) is 0.500. The Bertz CT molecular complexity index is 542.